The molecule has 2 amide bonds. The van der Waals surface area contributed by atoms with Crippen molar-refractivity contribution >= 4 is 23.5 Å². The molecule has 0 bridgehead atoms. The van der Waals surface area contributed by atoms with E-state index in [1.807, 2.05) is 54.6 Å². The predicted molar refractivity (Wildman–Crippen MR) is 101 cm³/mol. The molecule has 2 aromatic rings. The molecule has 140 valence electrons. The number of rotatable bonds is 6. The topological polar surface area (TPSA) is 75.7 Å². The second-order valence-electron chi connectivity index (χ2n) is 6.45. The van der Waals surface area contributed by atoms with Gasteiger partial charge in [-0.15, -0.1) is 0 Å². The number of carbonyl (C=O) groups excluding carboxylic acids is 3. The van der Waals surface area contributed by atoms with Gasteiger partial charge in [-0.25, -0.2) is 0 Å². The van der Waals surface area contributed by atoms with Crippen molar-refractivity contribution < 1.29 is 19.1 Å². The first-order valence-corrected chi connectivity index (χ1v) is 8.90. The summed E-state index contributed by atoms with van der Waals surface area (Å²) in [6.45, 7) is 1.68. The molecule has 0 saturated carbocycles. The number of amides is 2. The van der Waals surface area contributed by atoms with E-state index in [1.54, 1.807) is 4.90 Å². The van der Waals surface area contributed by atoms with E-state index in [0.29, 0.717) is 6.54 Å². The fourth-order valence-corrected chi connectivity index (χ4v) is 3.23. The third-order valence-electron chi connectivity index (χ3n) is 4.50. The Morgan fingerprint density at radius 1 is 1.07 bits per heavy atom. The number of hydrogen-bond donors (Lipinski definition) is 1. The minimum absolute atomic E-state index is 0.0343. The van der Waals surface area contributed by atoms with E-state index >= 15 is 0 Å². The molecule has 0 saturated heterocycles. The summed E-state index contributed by atoms with van der Waals surface area (Å²) in [5.41, 5.74) is 2.80. The summed E-state index contributed by atoms with van der Waals surface area (Å²) < 4.78 is 5.18. The van der Waals surface area contributed by atoms with Crippen LogP contribution < -0.4 is 10.2 Å². The zero-order valence-electron chi connectivity index (χ0n) is 15.2. The molecule has 2 aromatic carbocycles. The highest BCUT2D eigenvalue weighted by molar-refractivity contribution is 5.97. The van der Waals surface area contributed by atoms with E-state index in [4.69, 9.17) is 4.74 Å². The molecule has 1 aliphatic rings. The van der Waals surface area contributed by atoms with Crippen molar-refractivity contribution in [3.63, 3.8) is 0 Å². The van der Waals surface area contributed by atoms with Gasteiger partial charge in [0.15, 0.2) is 6.61 Å². The van der Waals surface area contributed by atoms with Crippen LogP contribution in [0.2, 0.25) is 0 Å². The molecule has 3 rings (SSSR count). The molecule has 0 spiro atoms. The molecule has 6 heteroatoms. The summed E-state index contributed by atoms with van der Waals surface area (Å²) in [4.78, 5) is 37.7. The lowest BCUT2D eigenvalue weighted by molar-refractivity contribution is -0.148. The molecular weight excluding hydrogens is 344 g/mol. The normalized spacial score (nSPS) is 13.6. The van der Waals surface area contributed by atoms with E-state index in [0.717, 1.165) is 23.2 Å². The van der Waals surface area contributed by atoms with Crippen molar-refractivity contribution in [3.05, 3.63) is 65.7 Å². The maximum absolute atomic E-state index is 12.4. The van der Waals surface area contributed by atoms with Crippen molar-refractivity contribution in [3.8, 4) is 0 Å². The number of ether oxygens (including phenoxy) is 1. The first kappa shape index (κ1) is 18.6. The monoisotopic (exact) mass is 366 g/mol. The number of para-hydroxylation sites is 1. The van der Waals surface area contributed by atoms with Gasteiger partial charge >= 0.3 is 5.97 Å². The zero-order chi connectivity index (χ0) is 19.2. The van der Waals surface area contributed by atoms with Gasteiger partial charge in [-0.2, -0.15) is 0 Å². The number of fused-ring (bicyclic) bond motifs is 1. The first-order valence-electron chi connectivity index (χ1n) is 8.90. The Hall–Kier alpha value is -3.15. The van der Waals surface area contributed by atoms with E-state index in [9.17, 15) is 14.4 Å². The highest BCUT2D eigenvalue weighted by Crippen LogP contribution is 2.27. The number of carbonyl (C=O) groups is 3. The zero-order valence-corrected chi connectivity index (χ0v) is 15.2. The van der Waals surface area contributed by atoms with E-state index in [-0.39, 0.29) is 24.8 Å². The fourth-order valence-electron chi connectivity index (χ4n) is 3.23. The Morgan fingerprint density at radius 3 is 2.52 bits per heavy atom. The molecule has 0 aromatic heterocycles. The molecular formula is C21H22N2O4. The van der Waals surface area contributed by atoms with Crippen LogP contribution in [-0.2, 0) is 25.5 Å². The van der Waals surface area contributed by atoms with Gasteiger partial charge in [-0.3, -0.25) is 14.4 Å². The van der Waals surface area contributed by atoms with Gasteiger partial charge in [-0.05, 0) is 23.6 Å². The van der Waals surface area contributed by atoms with Gasteiger partial charge in [-0.1, -0.05) is 48.5 Å². The van der Waals surface area contributed by atoms with Crippen LogP contribution in [0.5, 0.6) is 0 Å². The summed E-state index contributed by atoms with van der Waals surface area (Å²) in [7, 11) is 0. The molecule has 1 N–H and O–H groups in total. The van der Waals surface area contributed by atoms with Gasteiger partial charge < -0.3 is 15.0 Å². The van der Waals surface area contributed by atoms with Gasteiger partial charge in [0.1, 0.15) is 0 Å². The minimum Gasteiger partial charge on any atom is -0.455 e. The Kier molecular flexibility index (Phi) is 5.86. The van der Waals surface area contributed by atoms with E-state index in [2.05, 4.69) is 5.32 Å². The molecule has 0 aliphatic carbocycles. The minimum atomic E-state index is -0.529. The van der Waals surface area contributed by atoms with Crippen molar-refractivity contribution in [2.45, 2.75) is 25.8 Å². The first-order chi connectivity index (χ1) is 13.0. The SMILES string of the molecule is CC(=O)N[C@@H](CC(=O)OCC(=O)N1CCc2ccccc21)c1ccccc1. The number of benzene rings is 2. The largest absolute Gasteiger partial charge is 0.455 e. The second-order valence-corrected chi connectivity index (χ2v) is 6.45. The van der Waals surface area contributed by atoms with Crippen LogP contribution in [0, 0.1) is 0 Å². The number of hydrogen-bond acceptors (Lipinski definition) is 4. The number of nitrogens with zero attached hydrogens (tertiary/aromatic N) is 1. The molecule has 0 fully saturated rings. The Labute approximate surface area is 158 Å². The Morgan fingerprint density at radius 2 is 1.78 bits per heavy atom. The Bertz CT molecular complexity index is 835. The second kappa shape index (κ2) is 8.49. The summed E-state index contributed by atoms with van der Waals surface area (Å²) in [5.74, 6) is -1.01. The third kappa shape index (κ3) is 4.73. The summed E-state index contributed by atoms with van der Waals surface area (Å²) in [6, 6.07) is 16.4. The van der Waals surface area contributed by atoms with Crippen LogP contribution in [0.4, 0.5) is 5.69 Å². The van der Waals surface area contributed by atoms with Crippen molar-refractivity contribution in [1.29, 1.82) is 0 Å². The van der Waals surface area contributed by atoms with Crippen LogP contribution in [0.25, 0.3) is 0 Å². The molecule has 0 unspecified atom stereocenters. The van der Waals surface area contributed by atoms with E-state index in [1.165, 1.54) is 6.92 Å². The average Bonchev–Trinajstić information content (AvgIpc) is 3.10. The van der Waals surface area contributed by atoms with Crippen LogP contribution in [0.3, 0.4) is 0 Å². The van der Waals surface area contributed by atoms with Gasteiger partial charge in [0.2, 0.25) is 5.91 Å². The van der Waals surface area contributed by atoms with Gasteiger partial charge in [0.05, 0.1) is 12.5 Å². The average molecular weight is 366 g/mol. The molecule has 6 nitrogen and oxygen atoms in total. The highest BCUT2D eigenvalue weighted by Gasteiger charge is 2.25. The van der Waals surface area contributed by atoms with Crippen LogP contribution in [0.15, 0.2) is 54.6 Å². The van der Waals surface area contributed by atoms with Crippen molar-refractivity contribution in [2.24, 2.45) is 0 Å². The summed E-state index contributed by atoms with van der Waals surface area (Å²) >= 11 is 0. The van der Waals surface area contributed by atoms with Crippen LogP contribution in [-0.4, -0.2) is 30.9 Å². The summed E-state index contributed by atoms with van der Waals surface area (Å²) in [5, 5.41) is 2.75. The van der Waals surface area contributed by atoms with Gasteiger partial charge in [0.25, 0.3) is 5.91 Å². The fraction of sp³-hybridized carbons (Fsp3) is 0.286. The number of nitrogens with one attached hydrogen (secondary N) is 1. The number of anilines is 1. The molecule has 1 atom stereocenters. The summed E-state index contributed by atoms with van der Waals surface area (Å²) in [6.07, 6.45) is 0.766. The predicted octanol–water partition coefficient (Wildman–Crippen LogP) is 2.39. The smallest absolute Gasteiger partial charge is 0.308 e. The van der Waals surface area contributed by atoms with Crippen LogP contribution >= 0.6 is 0 Å². The van der Waals surface area contributed by atoms with Crippen molar-refractivity contribution in [2.75, 3.05) is 18.1 Å². The van der Waals surface area contributed by atoms with Gasteiger partial charge in [0, 0.05) is 19.2 Å². The molecule has 1 heterocycles. The Balaban J connectivity index is 1.57. The van der Waals surface area contributed by atoms with Crippen molar-refractivity contribution in [1.82, 2.24) is 5.32 Å². The number of esters is 1. The lowest BCUT2D eigenvalue weighted by Gasteiger charge is -2.19. The molecule has 27 heavy (non-hydrogen) atoms. The molecule has 1 aliphatic heterocycles. The quantitative estimate of drug-likeness (QED) is 0.797. The third-order valence-corrected chi connectivity index (χ3v) is 4.50. The lowest BCUT2D eigenvalue weighted by Crippen LogP contribution is -2.34. The standard InChI is InChI=1S/C21H22N2O4/c1-15(24)22-18(16-7-3-2-4-8-16)13-21(26)27-14-20(25)23-12-11-17-9-5-6-10-19(17)23/h2-10,18H,11-14H2,1H3,(H,22,24)/t18-/m0/s1. The lowest BCUT2D eigenvalue weighted by atomic mass is 10.0. The van der Waals surface area contributed by atoms with E-state index < -0.39 is 12.0 Å². The maximum atomic E-state index is 12.4. The maximum Gasteiger partial charge on any atom is 0.308 e. The van der Waals surface area contributed by atoms with Crippen LogP contribution in [0.1, 0.15) is 30.5 Å². The highest BCUT2D eigenvalue weighted by atomic mass is 16.5. The molecule has 0 radical (unpaired) electrons.